The van der Waals surface area contributed by atoms with Crippen molar-refractivity contribution in [1.82, 2.24) is 9.55 Å². The van der Waals surface area contributed by atoms with Crippen LogP contribution in [0.1, 0.15) is 53.0 Å². The molecule has 0 atom stereocenters. The molecule has 1 aromatic heterocycles. The van der Waals surface area contributed by atoms with E-state index in [1.165, 1.54) is 6.07 Å². The van der Waals surface area contributed by atoms with E-state index in [0.717, 1.165) is 19.3 Å². The molecule has 0 amide bonds. The number of nitrogens with two attached hydrogens (primary N) is 1. The molecule has 5 nitrogen and oxygen atoms in total. The monoisotopic (exact) mass is 265 g/mol. The lowest BCUT2D eigenvalue weighted by Gasteiger charge is -2.45. The first-order valence-corrected chi connectivity index (χ1v) is 6.71. The molecule has 0 unspecified atom stereocenters. The van der Waals surface area contributed by atoms with Crippen LogP contribution in [-0.2, 0) is 0 Å². The second-order valence-electron chi connectivity index (χ2n) is 7.30. The fourth-order valence-corrected chi connectivity index (χ4v) is 3.87. The largest absolute Gasteiger partial charge is 0.385 e. The van der Waals surface area contributed by atoms with Crippen molar-refractivity contribution >= 4 is 5.82 Å². The van der Waals surface area contributed by atoms with Crippen molar-refractivity contribution in [2.45, 2.75) is 53.0 Å². The van der Waals surface area contributed by atoms with E-state index in [4.69, 9.17) is 5.73 Å². The Balaban J connectivity index is 2.48. The van der Waals surface area contributed by atoms with Crippen LogP contribution in [0, 0.1) is 10.8 Å². The molecule has 1 aromatic rings. The zero-order valence-electron chi connectivity index (χ0n) is 12.1. The number of hydrogen-bond donors (Lipinski definition) is 2. The Morgan fingerprint density at radius 1 is 1.21 bits per heavy atom. The lowest BCUT2D eigenvalue weighted by atomic mass is 9.63. The number of rotatable bonds is 1. The van der Waals surface area contributed by atoms with Crippen LogP contribution >= 0.6 is 0 Å². The Morgan fingerprint density at radius 3 is 2.21 bits per heavy atom. The van der Waals surface area contributed by atoms with Gasteiger partial charge in [-0.3, -0.25) is 14.3 Å². The lowest BCUT2D eigenvalue weighted by molar-refractivity contribution is 0.0712. The number of anilines is 1. The van der Waals surface area contributed by atoms with Gasteiger partial charge in [0.1, 0.15) is 5.82 Å². The highest BCUT2D eigenvalue weighted by Crippen LogP contribution is 2.49. The molecule has 0 bridgehead atoms. The predicted octanol–water partition coefficient (Wildman–Crippen LogP) is 1.90. The average Bonchev–Trinajstić information content (AvgIpc) is 2.09. The number of aromatic amines is 1. The van der Waals surface area contributed by atoms with Gasteiger partial charge in [0.2, 0.25) is 0 Å². The summed E-state index contributed by atoms with van der Waals surface area (Å²) in [6, 6.07) is 1.33. The third kappa shape index (κ3) is 2.91. The topological polar surface area (TPSA) is 80.9 Å². The maximum absolute atomic E-state index is 12.0. The quantitative estimate of drug-likeness (QED) is 0.813. The normalized spacial score (nSPS) is 22.3. The van der Waals surface area contributed by atoms with Crippen molar-refractivity contribution < 1.29 is 0 Å². The summed E-state index contributed by atoms with van der Waals surface area (Å²) in [7, 11) is 0. The van der Waals surface area contributed by atoms with Crippen molar-refractivity contribution in [3.8, 4) is 0 Å². The molecule has 1 heterocycles. The van der Waals surface area contributed by atoms with Crippen LogP contribution in [0.2, 0.25) is 0 Å². The highest BCUT2D eigenvalue weighted by Gasteiger charge is 2.39. The molecule has 0 radical (unpaired) electrons. The van der Waals surface area contributed by atoms with Gasteiger partial charge in [0.15, 0.2) is 0 Å². The molecule has 1 aliphatic rings. The Labute approximate surface area is 112 Å². The van der Waals surface area contributed by atoms with Crippen molar-refractivity contribution in [2.75, 3.05) is 5.73 Å². The molecule has 0 saturated heterocycles. The van der Waals surface area contributed by atoms with E-state index in [9.17, 15) is 9.59 Å². The molecule has 19 heavy (non-hydrogen) atoms. The van der Waals surface area contributed by atoms with Crippen molar-refractivity contribution in [3.05, 3.63) is 26.9 Å². The van der Waals surface area contributed by atoms with E-state index >= 15 is 0 Å². The van der Waals surface area contributed by atoms with Gasteiger partial charge in [0, 0.05) is 12.1 Å². The first-order chi connectivity index (χ1) is 8.60. The number of aromatic nitrogens is 2. The number of nitrogen functional groups attached to an aromatic ring is 1. The highest BCUT2D eigenvalue weighted by atomic mass is 16.2. The molecular weight excluding hydrogens is 242 g/mol. The van der Waals surface area contributed by atoms with Crippen LogP contribution in [0.4, 0.5) is 5.82 Å². The van der Waals surface area contributed by atoms with E-state index in [1.54, 1.807) is 4.57 Å². The maximum atomic E-state index is 12.0. The van der Waals surface area contributed by atoms with Gasteiger partial charge < -0.3 is 5.73 Å². The molecule has 1 saturated carbocycles. The van der Waals surface area contributed by atoms with Crippen LogP contribution < -0.4 is 17.0 Å². The van der Waals surface area contributed by atoms with Gasteiger partial charge in [-0.05, 0) is 30.1 Å². The third-order valence-corrected chi connectivity index (χ3v) is 3.90. The van der Waals surface area contributed by atoms with Crippen molar-refractivity contribution in [2.24, 2.45) is 10.8 Å². The zero-order chi connectivity index (χ0) is 14.4. The van der Waals surface area contributed by atoms with Gasteiger partial charge >= 0.3 is 5.69 Å². The van der Waals surface area contributed by atoms with E-state index in [1.807, 2.05) is 0 Å². The zero-order valence-corrected chi connectivity index (χ0v) is 12.1. The summed E-state index contributed by atoms with van der Waals surface area (Å²) < 4.78 is 1.55. The molecule has 0 aliphatic heterocycles. The first kappa shape index (κ1) is 13.9. The summed E-state index contributed by atoms with van der Waals surface area (Å²) in [5.74, 6) is 0.257. The summed E-state index contributed by atoms with van der Waals surface area (Å²) >= 11 is 0. The molecule has 1 aliphatic carbocycles. The number of nitrogens with one attached hydrogen (secondary N) is 1. The maximum Gasteiger partial charge on any atom is 0.330 e. The first-order valence-electron chi connectivity index (χ1n) is 6.71. The van der Waals surface area contributed by atoms with Gasteiger partial charge in [-0.1, -0.05) is 27.7 Å². The molecular formula is C14H23N3O2. The van der Waals surface area contributed by atoms with Crippen LogP contribution in [0.5, 0.6) is 0 Å². The van der Waals surface area contributed by atoms with Crippen LogP contribution in [0.15, 0.2) is 15.7 Å². The van der Waals surface area contributed by atoms with Crippen molar-refractivity contribution in [3.63, 3.8) is 0 Å². The van der Waals surface area contributed by atoms with Gasteiger partial charge in [0.25, 0.3) is 5.56 Å². The molecule has 106 valence electrons. The Kier molecular flexibility index (Phi) is 3.11. The van der Waals surface area contributed by atoms with Gasteiger partial charge in [-0.15, -0.1) is 0 Å². The predicted molar refractivity (Wildman–Crippen MR) is 76.2 cm³/mol. The smallest absolute Gasteiger partial charge is 0.330 e. The minimum absolute atomic E-state index is 0.0445. The fourth-order valence-electron chi connectivity index (χ4n) is 3.87. The molecule has 0 spiro atoms. The van der Waals surface area contributed by atoms with Crippen molar-refractivity contribution in [1.29, 1.82) is 0 Å². The summed E-state index contributed by atoms with van der Waals surface area (Å²) in [4.78, 5) is 25.6. The minimum Gasteiger partial charge on any atom is -0.385 e. The third-order valence-electron chi connectivity index (χ3n) is 3.90. The average molecular weight is 265 g/mol. The number of hydrogen-bond acceptors (Lipinski definition) is 3. The summed E-state index contributed by atoms with van der Waals surface area (Å²) in [5, 5.41) is 0. The standard InChI is InChI=1S/C14H23N3O2/c1-13(2)6-9(7-14(3,4)8-13)17-10(15)5-11(18)16-12(17)19/h5,9H,6-8,15H2,1-4H3,(H,16,18,19). The van der Waals surface area contributed by atoms with Gasteiger partial charge in [-0.2, -0.15) is 0 Å². The number of H-pyrrole nitrogens is 1. The lowest BCUT2D eigenvalue weighted by Crippen LogP contribution is -2.41. The minimum atomic E-state index is -0.437. The molecule has 1 fully saturated rings. The second-order valence-corrected chi connectivity index (χ2v) is 7.30. The SMILES string of the molecule is CC1(C)CC(n2c(N)cc(=O)[nH]c2=O)CC(C)(C)C1. The van der Waals surface area contributed by atoms with Crippen LogP contribution in [0.3, 0.4) is 0 Å². The second kappa shape index (κ2) is 4.25. The Morgan fingerprint density at radius 2 is 1.74 bits per heavy atom. The van der Waals surface area contributed by atoms with E-state index in [0.29, 0.717) is 0 Å². The molecule has 5 heteroatoms. The van der Waals surface area contributed by atoms with Crippen LogP contribution in [-0.4, -0.2) is 9.55 Å². The highest BCUT2D eigenvalue weighted by molar-refractivity contribution is 5.27. The Bertz CT molecular complexity index is 579. The van der Waals surface area contributed by atoms with Crippen LogP contribution in [0.25, 0.3) is 0 Å². The van der Waals surface area contributed by atoms with E-state index < -0.39 is 11.2 Å². The summed E-state index contributed by atoms with van der Waals surface area (Å²) in [6.45, 7) is 8.86. The summed E-state index contributed by atoms with van der Waals surface area (Å²) in [5.41, 5.74) is 5.36. The number of nitrogens with zero attached hydrogens (tertiary/aromatic N) is 1. The van der Waals surface area contributed by atoms with Gasteiger partial charge in [0.05, 0.1) is 0 Å². The molecule has 0 aromatic carbocycles. The Hall–Kier alpha value is -1.52. The molecule has 3 N–H and O–H groups in total. The molecule has 2 rings (SSSR count). The fraction of sp³-hybridized carbons (Fsp3) is 0.714. The van der Waals surface area contributed by atoms with Gasteiger partial charge in [-0.25, -0.2) is 4.79 Å². The van der Waals surface area contributed by atoms with E-state index in [-0.39, 0.29) is 22.7 Å². The summed E-state index contributed by atoms with van der Waals surface area (Å²) in [6.07, 6.45) is 2.91. The van der Waals surface area contributed by atoms with E-state index in [2.05, 4.69) is 32.7 Å².